The van der Waals surface area contributed by atoms with Crippen LogP contribution in [-0.2, 0) is 28.6 Å². The van der Waals surface area contributed by atoms with Crippen LogP contribution >= 0.6 is 0 Å². The SMILES string of the molecule is CC/C=C\C/C=C\C/C=C\CCCCCCCC(=O)OC(COC(=O)CCCCCCCCCCC)COC(=O)CCCCCCCCCCCCCCCCCCCCCCCCCC. The largest absolute Gasteiger partial charge is 0.462 e. The van der Waals surface area contributed by atoms with Crippen LogP contribution in [0.1, 0.15) is 310 Å². The number of rotatable bonds is 53. The second-order valence-corrected chi connectivity index (χ2v) is 19.5. The fourth-order valence-corrected chi connectivity index (χ4v) is 8.58. The lowest BCUT2D eigenvalue weighted by atomic mass is 10.0. The summed E-state index contributed by atoms with van der Waals surface area (Å²) in [6.07, 6.45) is 65.9. The van der Waals surface area contributed by atoms with Crippen molar-refractivity contribution in [3.05, 3.63) is 36.5 Å². The van der Waals surface area contributed by atoms with E-state index in [1.807, 2.05) is 0 Å². The highest BCUT2D eigenvalue weighted by atomic mass is 16.6. The molecule has 0 radical (unpaired) electrons. The van der Waals surface area contributed by atoms with Crippen molar-refractivity contribution < 1.29 is 28.6 Å². The van der Waals surface area contributed by atoms with Gasteiger partial charge in [0.15, 0.2) is 6.10 Å². The van der Waals surface area contributed by atoms with Gasteiger partial charge in [-0.05, 0) is 51.4 Å². The van der Waals surface area contributed by atoms with Gasteiger partial charge in [0.1, 0.15) is 13.2 Å². The van der Waals surface area contributed by atoms with Crippen molar-refractivity contribution >= 4 is 17.9 Å². The molecule has 0 fully saturated rings. The molecule has 0 aliphatic heterocycles. The molecule has 0 amide bonds. The first-order chi connectivity index (χ1) is 32.5. The van der Waals surface area contributed by atoms with Crippen LogP contribution < -0.4 is 0 Å². The zero-order valence-corrected chi connectivity index (χ0v) is 44.2. The standard InChI is InChI=1S/C60H110O6/c1-4-7-10-13-16-19-21-23-25-26-27-28-29-30-31-32-33-35-36-38-41-44-47-50-53-59(62)65-56-57(55-64-58(61)52-49-46-43-40-18-15-12-9-6-3)66-60(63)54-51-48-45-42-39-37-34-24-22-20-17-14-11-8-5-2/h8,11,17,20,24,34,57H,4-7,9-10,12-16,18-19,21-23,25-33,35-56H2,1-3H3/b11-8-,20-17-,34-24-. The van der Waals surface area contributed by atoms with Gasteiger partial charge in [-0.2, -0.15) is 0 Å². The average molecular weight is 928 g/mol. The van der Waals surface area contributed by atoms with Gasteiger partial charge in [0, 0.05) is 19.3 Å². The van der Waals surface area contributed by atoms with E-state index in [2.05, 4.69) is 57.2 Å². The number of carbonyl (C=O) groups excluding carboxylic acids is 3. The molecular formula is C60H110O6. The van der Waals surface area contributed by atoms with Gasteiger partial charge in [0.2, 0.25) is 0 Å². The number of ether oxygens (including phenoxy) is 3. The van der Waals surface area contributed by atoms with E-state index in [1.165, 1.54) is 173 Å². The maximum absolute atomic E-state index is 12.8. The summed E-state index contributed by atoms with van der Waals surface area (Å²) in [6, 6.07) is 0. The molecule has 0 aromatic heterocycles. The molecule has 0 spiro atoms. The van der Waals surface area contributed by atoms with Gasteiger partial charge in [0.25, 0.3) is 0 Å². The number of carbonyl (C=O) groups is 3. The third-order valence-corrected chi connectivity index (χ3v) is 12.9. The van der Waals surface area contributed by atoms with Gasteiger partial charge in [-0.25, -0.2) is 0 Å². The van der Waals surface area contributed by atoms with E-state index < -0.39 is 6.10 Å². The van der Waals surface area contributed by atoms with Crippen molar-refractivity contribution in [3.8, 4) is 0 Å². The molecule has 0 saturated carbocycles. The number of allylic oxidation sites excluding steroid dienone is 6. The summed E-state index contributed by atoms with van der Waals surface area (Å²) in [5.41, 5.74) is 0. The molecule has 0 rings (SSSR count). The minimum absolute atomic E-state index is 0.0749. The Morgan fingerprint density at radius 1 is 0.318 bits per heavy atom. The molecule has 1 unspecified atom stereocenters. The Morgan fingerprint density at radius 3 is 0.924 bits per heavy atom. The van der Waals surface area contributed by atoms with Crippen molar-refractivity contribution in [2.75, 3.05) is 13.2 Å². The Labute approximate surface area is 410 Å². The molecule has 66 heavy (non-hydrogen) atoms. The maximum atomic E-state index is 12.8. The molecule has 0 aliphatic carbocycles. The second-order valence-electron chi connectivity index (χ2n) is 19.5. The Morgan fingerprint density at radius 2 is 0.591 bits per heavy atom. The predicted octanol–water partition coefficient (Wildman–Crippen LogP) is 19.3. The highest BCUT2D eigenvalue weighted by Crippen LogP contribution is 2.17. The zero-order chi connectivity index (χ0) is 47.9. The Hall–Kier alpha value is -2.37. The number of unbranched alkanes of at least 4 members (excludes halogenated alkanes) is 36. The Bertz CT molecular complexity index is 1110. The fourth-order valence-electron chi connectivity index (χ4n) is 8.58. The monoisotopic (exact) mass is 927 g/mol. The normalized spacial score (nSPS) is 12.2. The molecule has 6 heteroatoms. The highest BCUT2D eigenvalue weighted by Gasteiger charge is 2.19. The van der Waals surface area contributed by atoms with E-state index in [-0.39, 0.29) is 31.1 Å². The van der Waals surface area contributed by atoms with Gasteiger partial charge in [-0.1, -0.05) is 276 Å². The van der Waals surface area contributed by atoms with Gasteiger partial charge in [-0.3, -0.25) is 14.4 Å². The van der Waals surface area contributed by atoms with Crippen LogP contribution in [0.4, 0.5) is 0 Å². The molecular weight excluding hydrogens is 817 g/mol. The minimum Gasteiger partial charge on any atom is -0.462 e. The van der Waals surface area contributed by atoms with E-state index >= 15 is 0 Å². The first-order valence-corrected chi connectivity index (χ1v) is 29.0. The number of hydrogen-bond acceptors (Lipinski definition) is 6. The Kier molecular flexibility index (Phi) is 53.2. The molecule has 0 saturated heterocycles. The van der Waals surface area contributed by atoms with Crippen LogP contribution in [0.2, 0.25) is 0 Å². The molecule has 0 aromatic carbocycles. The first kappa shape index (κ1) is 63.6. The smallest absolute Gasteiger partial charge is 0.306 e. The summed E-state index contributed by atoms with van der Waals surface area (Å²) < 4.78 is 16.8. The van der Waals surface area contributed by atoms with Crippen molar-refractivity contribution in [1.82, 2.24) is 0 Å². The van der Waals surface area contributed by atoms with Gasteiger partial charge in [0.05, 0.1) is 0 Å². The minimum atomic E-state index is -0.776. The van der Waals surface area contributed by atoms with Crippen LogP contribution in [0.25, 0.3) is 0 Å². The first-order valence-electron chi connectivity index (χ1n) is 29.0. The van der Waals surface area contributed by atoms with Crippen LogP contribution in [0.15, 0.2) is 36.5 Å². The summed E-state index contributed by atoms with van der Waals surface area (Å²) in [6.45, 7) is 6.53. The van der Waals surface area contributed by atoms with Gasteiger partial charge < -0.3 is 14.2 Å². The van der Waals surface area contributed by atoms with E-state index in [4.69, 9.17) is 14.2 Å². The van der Waals surface area contributed by atoms with Crippen molar-refractivity contribution in [2.24, 2.45) is 0 Å². The lowest BCUT2D eigenvalue weighted by Crippen LogP contribution is -2.30. The van der Waals surface area contributed by atoms with Crippen LogP contribution in [0.3, 0.4) is 0 Å². The molecule has 0 aromatic rings. The summed E-state index contributed by atoms with van der Waals surface area (Å²) >= 11 is 0. The lowest BCUT2D eigenvalue weighted by Gasteiger charge is -2.18. The molecule has 0 bridgehead atoms. The van der Waals surface area contributed by atoms with Crippen molar-refractivity contribution in [3.63, 3.8) is 0 Å². The second kappa shape index (κ2) is 55.2. The molecule has 386 valence electrons. The summed E-state index contributed by atoms with van der Waals surface area (Å²) in [5.74, 6) is -0.879. The third-order valence-electron chi connectivity index (χ3n) is 12.9. The topological polar surface area (TPSA) is 78.9 Å². The molecule has 1 atom stereocenters. The number of hydrogen-bond donors (Lipinski definition) is 0. The van der Waals surface area contributed by atoms with Crippen molar-refractivity contribution in [1.29, 1.82) is 0 Å². The molecule has 0 heterocycles. The Balaban J connectivity index is 4.17. The average Bonchev–Trinajstić information content (AvgIpc) is 3.31. The van der Waals surface area contributed by atoms with Crippen LogP contribution in [0.5, 0.6) is 0 Å². The summed E-state index contributed by atoms with van der Waals surface area (Å²) in [7, 11) is 0. The van der Waals surface area contributed by atoms with E-state index in [0.29, 0.717) is 19.3 Å². The van der Waals surface area contributed by atoms with Crippen LogP contribution in [-0.4, -0.2) is 37.2 Å². The van der Waals surface area contributed by atoms with E-state index in [1.54, 1.807) is 0 Å². The van der Waals surface area contributed by atoms with E-state index in [9.17, 15) is 14.4 Å². The quantitative estimate of drug-likeness (QED) is 0.0262. The zero-order valence-electron chi connectivity index (χ0n) is 44.2. The molecule has 0 aliphatic rings. The highest BCUT2D eigenvalue weighted by molar-refractivity contribution is 5.71. The third kappa shape index (κ3) is 52.6. The number of esters is 3. The molecule has 0 N–H and O–H groups in total. The van der Waals surface area contributed by atoms with E-state index in [0.717, 1.165) is 96.3 Å². The molecule has 6 nitrogen and oxygen atoms in total. The van der Waals surface area contributed by atoms with Crippen molar-refractivity contribution in [2.45, 2.75) is 316 Å². The summed E-state index contributed by atoms with van der Waals surface area (Å²) in [4.78, 5) is 38.0. The van der Waals surface area contributed by atoms with Gasteiger partial charge in [-0.15, -0.1) is 0 Å². The maximum Gasteiger partial charge on any atom is 0.306 e. The summed E-state index contributed by atoms with van der Waals surface area (Å²) in [5, 5.41) is 0. The van der Waals surface area contributed by atoms with Gasteiger partial charge >= 0.3 is 17.9 Å². The lowest BCUT2D eigenvalue weighted by molar-refractivity contribution is -0.167. The van der Waals surface area contributed by atoms with Crippen LogP contribution in [0, 0.1) is 0 Å². The fraction of sp³-hybridized carbons (Fsp3) is 0.850. The predicted molar refractivity (Wildman–Crippen MR) is 284 cm³/mol.